The van der Waals surface area contributed by atoms with Gasteiger partial charge in [-0.25, -0.2) is 0 Å². The van der Waals surface area contributed by atoms with Gasteiger partial charge >= 0.3 is 0 Å². The van der Waals surface area contributed by atoms with Crippen LogP contribution in [0.2, 0.25) is 0 Å². The SMILES string of the molecule is O=C1NCCCC1Cc1ccc(-c2ccco2)cc1. The number of nitrogens with one attached hydrogen (secondary N) is 1. The Morgan fingerprint density at radius 3 is 2.74 bits per heavy atom. The molecular formula is C16H17NO2. The van der Waals surface area contributed by atoms with E-state index in [1.54, 1.807) is 6.26 Å². The molecule has 98 valence electrons. The molecule has 1 amide bonds. The Kier molecular flexibility index (Phi) is 3.36. The van der Waals surface area contributed by atoms with Gasteiger partial charge in [0.25, 0.3) is 0 Å². The van der Waals surface area contributed by atoms with Crippen molar-refractivity contribution >= 4 is 5.91 Å². The second kappa shape index (κ2) is 5.31. The Bertz CT molecular complexity index is 543. The minimum Gasteiger partial charge on any atom is -0.464 e. The number of rotatable bonds is 3. The van der Waals surface area contributed by atoms with Gasteiger partial charge in [0.1, 0.15) is 5.76 Å². The van der Waals surface area contributed by atoms with Crippen LogP contribution in [0.25, 0.3) is 11.3 Å². The molecule has 1 aliphatic rings. The first-order valence-electron chi connectivity index (χ1n) is 6.73. The fraction of sp³-hybridized carbons (Fsp3) is 0.312. The van der Waals surface area contributed by atoms with Crippen LogP contribution in [0, 0.1) is 5.92 Å². The summed E-state index contributed by atoms with van der Waals surface area (Å²) in [4.78, 5) is 11.7. The van der Waals surface area contributed by atoms with Gasteiger partial charge in [0, 0.05) is 18.0 Å². The fourth-order valence-electron chi connectivity index (χ4n) is 2.56. The summed E-state index contributed by atoms with van der Waals surface area (Å²) in [6, 6.07) is 12.1. The summed E-state index contributed by atoms with van der Waals surface area (Å²) in [5.74, 6) is 1.20. The van der Waals surface area contributed by atoms with Crippen LogP contribution < -0.4 is 5.32 Å². The zero-order chi connectivity index (χ0) is 13.1. The van der Waals surface area contributed by atoms with Crippen molar-refractivity contribution in [3.05, 3.63) is 48.2 Å². The lowest BCUT2D eigenvalue weighted by molar-refractivity contribution is -0.126. The molecule has 1 atom stereocenters. The van der Waals surface area contributed by atoms with E-state index in [0.717, 1.165) is 37.1 Å². The summed E-state index contributed by atoms with van der Waals surface area (Å²) < 4.78 is 5.36. The van der Waals surface area contributed by atoms with Gasteiger partial charge in [-0.3, -0.25) is 4.79 Å². The standard InChI is InChI=1S/C16H17NO2/c18-16-14(3-1-9-17-16)11-12-5-7-13(8-6-12)15-4-2-10-19-15/h2,4-8,10,14H,1,3,9,11H2,(H,17,18). The molecule has 0 saturated carbocycles. The first kappa shape index (κ1) is 12.0. The third-order valence-corrected chi connectivity index (χ3v) is 3.64. The number of hydrogen-bond donors (Lipinski definition) is 1. The minimum absolute atomic E-state index is 0.128. The number of benzene rings is 1. The molecule has 3 nitrogen and oxygen atoms in total. The molecular weight excluding hydrogens is 238 g/mol. The lowest BCUT2D eigenvalue weighted by atomic mass is 9.91. The third kappa shape index (κ3) is 2.70. The topological polar surface area (TPSA) is 42.2 Å². The Labute approximate surface area is 112 Å². The van der Waals surface area contributed by atoms with E-state index in [1.807, 2.05) is 12.1 Å². The number of piperidine rings is 1. The average Bonchev–Trinajstić information content (AvgIpc) is 2.96. The fourth-order valence-corrected chi connectivity index (χ4v) is 2.56. The van der Waals surface area contributed by atoms with Gasteiger partial charge in [0.15, 0.2) is 0 Å². The van der Waals surface area contributed by atoms with Crippen molar-refractivity contribution in [3.8, 4) is 11.3 Å². The molecule has 1 aliphatic heterocycles. The molecule has 1 aromatic heterocycles. The van der Waals surface area contributed by atoms with Gasteiger partial charge in [-0.15, -0.1) is 0 Å². The molecule has 1 N–H and O–H groups in total. The highest BCUT2D eigenvalue weighted by Gasteiger charge is 2.21. The third-order valence-electron chi connectivity index (χ3n) is 3.64. The molecule has 3 rings (SSSR count). The van der Waals surface area contributed by atoms with Crippen molar-refractivity contribution in [2.75, 3.05) is 6.54 Å². The molecule has 1 aromatic carbocycles. The quantitative estimate of drug-likeness (QED) is 0.916. The number of furan rings is 1. The van der Waals surface area contributed by atoms with Crippen LogP contribution in [0.5, 0.6) is 0 Å². The van der Waals surface area contributed by atoms with Crippen molar-refractivity contribution in [2.24, 2.45) is 5.92 Å². The first-order chi connectivity index (χ1) is 9.33. The Morgan fingerprint density at radius 2 is 2.05 bits per heavy atom. The maximum Gasteiger partial charge on any atom is 0.223 e. The van der Waals surface area contributed by atoms with E-state index in [1.165, 1.54) is 5.56 Å². The summed E-state index contributed by atoms with van der Waals surface area (Å²) in [6.45, 7) is 0.826. The van der Waals surface area contributed by atoms with Gasteiger partial charge in [0.05, 0.1) is 6.26 Å². The van der Waals surface area contributed by atoms with Crippen LogP contribution >= 0.6 is 0 Å². The molecule has 2 heterocycles. The van der Waals surface area contributed by atoms with Crippen LogP contribution in [-0.4, -0.2) is 12.5 Å². The van der Waals surface area contributed by atoms with Crippen molar-refractivity contribution in [1.82, 2.24) is 5.32 Å². The van der Waals surface area contributed by atoms with E-state index >= 15 is 0 Å². The second-order valence-electron chi connectivity index (χ2n) is 5.01. The van der Waals surface area contributed by atoms with Crippen LogP contribution in [0.4, 0.5) is 0 Å². The summed E-state index contributed by atoms with van der Waals surface area (Å²) in [6.07, 6.45) is 4.58. The normalized spacial score (nSPS) is 19.2. The van der Waals surface area contributed by atoms with E-state index in [0.29, 0.717) is 0 Å². The van der Waals surface area contributed by atoms with Crippen LogP contribution in [0.3, 0.4) is 0 Å². The highest BCUT2D eigenvalue weighted by Crippen LogP contribution is 2.22. The number of hydrogen-bond acceptors (Lipinski definition) is 2. The summed E-state index contributed by atoms with van der Waals surface area (Å²) in [5, 5.41) is 2.93. The van der Waals surface area contributed by atoms with E-state index in [2.05, 4.69) is 29.6 Å². The molecule has 1 fully saturated rings. The molecule has 1 saturated heterocycles. The molecule has 3 heteroatoms. The molecule has 0 radical (unpaired) electrons. The maximum atomic E-state index is 11.7. The number of amides is 1. The molecule has 0 aliphatic carbocycles. The second-order valence-corrected chi connectivity index (χ2v) is 5.01. The highest BCUT2D eigenvalue weighted by atomic mass is 16.3. The highest BCUT2D eigenvalue weighted by molar-refractivity contribution is 5.79. The smallest absolute Gasteiger partial charge is 0.223 e. The summed E-state index contributed by atoms with van der Waals surface area (Å²) in [7, 11) is 0. The van der Waals surface area contributed by atoms with E-state index in [4.69, 9.17) is 4.42 Å². The van der Waals surface area contributed by atoms with Crippen LogP contribution in [0.1, 0.15) is 18.4 Å². The van der Waals surface area contributed by atoms with Crippen molar-refractivity contribution < 1.29 is 9.21 Å². The molecule has 2 aromatic rings. The van der Waals surface area contributed by atoms with Crippen LogP contribution in [0.15, 0.2) is 47.1 Å². The van der Waals surface area contributed by atoms with E-state index in [-0.39, 0.29) is 11.8 Å². The number of carbonyl (C=O) groups excluding carboxylic acids is 1. The number of carbonyl (C=O) groups is 1. The van der Waals surface area contributed by atoms with Crippen molar-refractivity contribution in [1.29, 1.82) is 0 Å². The van der Waals surface area contributed by atoms with Gasteiger partial charge in [-0.1, -0.05) is 24.3 Å². The van der Waals surface area contributed by atoms with Gasteiger partial charge < -0.3 is 9.73 Å². The summed E-state index contributed by atoms with van der Waals surface area (Å²) >= 11 is 0. The Balaban J connectivity index is 1.70. The van der Waals surface area contributed by atoms with Crippen LogP contribution in [-0.2, 0) is 11.2 Å². The summed E-state index contributed by atoms with van der Waals surface area (Å²) in [5.41, 5.74) is 2.28. The Hall–Kier alpha value is -2.03. The molecule has 19 heavy (non-hydrogen) atoms. The lowest BCUT2D eigenvalue weighted by Gasteiger charge is -2.21. The van der Waals surface area contributed by atoms with E-state index < -0.39 is 0 Å². The zero-order valence-corrected chi connectivity index (χ0v) is 10.8. The van der Waals surface area contributed by atoms with Gasteiger partial charge in [-0.05, 0) is 37.0 Å². The lowest BCUT2D eigenvalue weighted by Crippen LogP contribution is -2.37. The molecule has 1 unspecified atom stereocenters. The first-order valence-corrected chi connectivity index (χ1v) is 6.73. The zero-order valence-electron chi connectivity index (χ0n) is 10.8. The minimum atomic E-state index is 0.128. The largest absolute Gasteiger partial charge is 0.464 e. The molecule has 0 bridgehead atoms. The predicted octanol–water partition coefficient (Wildman–Crippen LogP) is 3.02. The monoisotopic (exact) mass is 255 g/mol. The van der Waals surface area contributed by atoms with Gasteiger partial charge in [0.2, 0.25) is 5.91 Å². The maximum absolute atomic E-state index is 11.7. The average molecular weight is 255 g/mol. The molecule has 0 spiro atoms. The van der Waals surface area contributed by atoms with Gasteiger partial charge in [-0.2, -0.15) is 0 Å². The van der Waals surface area contributed by atoms with E-state index in [9.17, 15) is 4.79 Å². The van der Waals surface area contributed by atoms with Crippen molar-refractivity contribution in [3.63, 3.8) is 0 Å². The van der Waals surface area contributed by atoms with Crippen molar-refractivity contribution in [2.45, 2.75) is 19.3 Å². The predicted molar refractivity (Wildman–Crippen MR) is 73.6 cm³/mol. The Morgan fingerprint density at radius 1 is 1.21 bits per heavy atom.